The second kappa shape index (κ2) is 8.38. The van der Waals surface area contributed by atoms with Crippen molar-refractivity contribution in [2.45, 2.75) is 12.1 Å². The molecule has 0 aliphatic rings. The lowest BCUT2D eigenvalue weighted by atomic mass is 10.3. The first-order chi connectivity index (χ1) is 6.36. The molecule has 84 valence electrons. The highest BCUT2D eigenvalue weighted by molar-refractivity contribution is 5.73. The van der Waals surface area contributed by atoms with Crippen LogP contribution in [0.2, 0.25) is 0 Å². The standard InChI is InChI=1S/C3H7NO3.C3H6O4/c4-2(1-5)3(6)7;4-1-2(5)3(6)7/h2,5H,1,4H2,(H,6,7);2,4-5H,1H2,(H,6,7)/t2-;/m0./s1. The molecule has 0 aromatic carbocycles. The van der Waals surface area contributed by atoms with Gasteiger partial charge in [-0.3, -0.25) is 4.79 Å². The fraction of sp³-hybridized carbons (Fsp3) is 0.667. The van der Waals surface area contributed by atoms with Crippen LogP contribution in [-0.4, -0.2) is 62.8 Å². The Balaban J connectivity index is 0. The number of aliphatic hydroxyl groups excluding tert-OH is 3. The summed E-state index contributed by atoms with van der Waals surface area (Å²) in [4.78, 5) is 19.2. The van der Waals surface area contributed by atoms with Gasteiger partial charge in [0.1, 0.15) is 6.04 Å². The molecule has 0 aliphatic heterocycles. The zero-order chi connectivity index (χ0) is 11.7. The van der Waals surface area contributed by atoms with Gasteiger partial charge >= 0.3 is 11.9 Å². The van der Waals surface area contributed by atoms with Gasteiger partial charge in [0, 0.05) is 0 Å². The van der Waals surface area contributed by atoms with E-state index in [4.69, 9.17) is 31.3 Å². The second-order valence-electron chi connectivity index (χ2n) is 2.16. The molecule has 8 heteroatoms. The first-order valence-electron chi connectivity index (χ1n) is 3.47. The lowest BCUT2D eigenvalue weighted by Gasteiger charge is -1.96. The van der Waals surface area contributed by atoms with Gasteiger partial charge in [-0.15, -0.1) is 0 Å². The molecule has 7 N–H and O–H groups in total. The normalized spacial score (nSPS) is 13.4. The predicted molar refractivity (Wildman–Crippen MR) is 43.4 cm³/mol. The van der Waals surface area contributed by atoms with Gasteiger partial charge in [0.25, 0.3) is 0 Å². The van der Waals surface area contributed by atoms with Crippen molar-refractivity contribution < 1.29 is 35.1 Å². The van der Waals surface area contributed by atoms with E-state index >= 15 is 0 Å². The van der Waals surface area contributed by atoms with Crippen LogP contribution in [0.3, 0.4) is 0 Å². The number of rotatable bonds is 4. The van der Waals surface area contributed by atoms with Crippen molar-refractivity contribution in [3.63, 3.8) is 0 Å². The third kappa shape index (κ3) is 8.87. The molecule has 0 heterocycles. The fourth-order valence-electron chi connectivity index (χ4n) is 0.156. The Kier molecular flexibility index (Phi) is 9.14. The van der Waals surface area contributed by atoms with Gasteiger partial charge in [-0.1, -0.05) is 0 Å². The van der Waals surface area contributed by atoms with Crippen molar-refractivity contribution in [2.24, 2.45) is 5.73 Å². The molecule has 14 heavy (non-hydrogen) atoms. The SMILES string of the molecule is N[C@@H](CO)C(=O)O.O=C(O)C(O)CO. The summed E-state index contributed by atoms with van der Waals surface area (Å²) < 4.78 is 0. The second-order valence-corrected chi connectivity index (χ2v) is 2.16. The van der Waals surface area contributed by atoms with Gasteiger partial charge in [0.2, 0.25) is 0 Å². The minimum Gasteiger partial charge on any atom is -0.480 e. The number of nitrogens with two attached hydrogens (primary N) is 1. The molecule has 8 nitrogen and oxygen atoms in total. The maximum atomic E-state index is 9.65. The molecule has 2 atom stereocenters. The summed E-state index contributed by atoms with van der Waals surface area (Å²) in [5.41, 5.74) is 4.77. The van der Waals surface area contributed by atoms with Crippen molar-refractivity contribution in [3.05, 3.63) is 0 Å². The molecule has 1 unspecified atom stereocenters. The van der Waals surface area contributed by atoms with Gasteiger partial charge in [-0.25, -0.2) is 4.79 Å². The predicted octanol–water partition coefficient (Wildman–Crippen LogP) is -3.19. The molecule has 0 aromatic heterocycles. The van der Waals surface area contributed by atoms with Crippen LogP contribution in [0.4, 0.5) is 0 Å². The van der Waals surface area contributed by atoms with Gasteiger partial charge < -0.3 is 31.3 Å². The van der Waals surface area contributed by atoms with E-state index in [0.29, 0.717) is 0 Å². The molecule has 0 fully saturated rings. The topological polar surface area (TPSA) is 161 Å². The molecular formula is C6H13NO7. The molecule has 0 rings (SSSR count). The first-order valence-corrected chi connectivity index (χ1v) is 3.47. The summed E-state index contributed by atoms with van der Waals surface area (Å²) in [6.45, 7) is -1.23. The number of hydrogen-bond donors (Lipinski definition) is 6. The van der Waals surface area contributed by atoms with Crippen molar-refractivity contribution in [3.8, 4) is 0 Å². The van der Waals surface area contributed by atoms with Crippen molar-refractivity contribution in [1.29, 1.82) is 0 Å². The summed E-state index contributed by atoms with van der Waals surface area (Å²) in [7, 11) is 0. The van der Waals surface area contributed by atoms with Crippen molar-refractivity contribution in [2.75, 3.05) is 13.2 Å². The van der Waals surface area contributed by atoms with E-state index in [-0.39, 0.29) is 0 Å². The average Bonchev–Trinajstić information content (AvgIpc) is 2.15. The first kappa shape index (κ1) is 15.3. The Bertz CT molecular complexity index is 163. The van der Waals surface area contributed by atoms with E-state index in [1.807, 2.05) is 0 Å². The van der Waals surface area contributed by atoms with Crippen molar-refractivity contribution in [1.82, 2.24) is 0 Å². The minimum absolute atomic E-state index is 0.505. The summed E-state index contributed by atoms with van der Waals surface area (Å²) in [5, 5.41) is 39.6. The molecule has 0 aliphatic carbocycles. The van der Waals surface area contributed by atoms with Crippen LogP contribution in [0.15, 0.2) is 0 Å². The largest absolute Gasteiger partial charge is 0.480 e. The number of carboxylic acid groups (broad SMARTS) is 2. The number of aliphatic hydroxyl groups is 3. The van der Waals surface area contributed by atoms with Crippen molar-refractivity contribution >= 4 is 11.9 Å². The van der Waals surface area contributed by atoms with Crippen LogP contribution >= 0.6 is 0 Å². The van der Waals surface area contributed by atoms with Crippen LogP contribution in [0, 0.1) is 0 Å². The Morgan fingerprint density at radius 1 is 1.07 bits per heavy atom. The number of hydrogen-bond acceptors (Lipinski definition) is 6. The molecule has 0 amide bonds. The zero-order valence-corrected chi connectivity index (χ0v) is 7.20. The number of carboxylic acids is 2. The van der Waals surface area contributed by atoms with E-state index < -0.39 is 37.3 Å². The van der Waals surface area contributed by atoms with E-state index in [9.17, 15) is 9.59 Å². The highest BCUT2D eigenvalue weighted by atomic mass is 16.4. The maximum absolute atomic E-state index is 9.65. The third-order valence-electron chi connectivity index (χ3n) is 0.972. The molecule has 0 radical (unpaired) electrons. The molecular weight excluding hydrogens is 198 g/mol. The highest BCUT2D eigenvalue weighted by Crippen LogP contribution is 1.75. The lowest BCUT2D eigenvalue weighted by molar-refractivity contribution is -0.148. The zero-order valence-electron chi connectivity index (χ0n) is 7.20. The summed E-state index contributed by atoms with van der Waals surface area (Å²) in [5.74, 6) is -2.58. The Morgan fingerprint density at radius 2 is 1.50 bits per heavy atom. The van der Waals surface area contributed by atoms with Gasteiger partial charge in [0.05, 0.1) is 13.2 Å². The Morgan fingerprint density at radius 3 is 1.50 bits per heavy atom. The van der Waals surface area contributed by atoms with E-state index in [2.05, 4.69) is 0 Å². The van der Waals surface area contributed by atoms with Crippen LogP contribution in [0.1, 0.15) is 0 Å². The van der Waals surface area contributed by atoms with Crippen LogP contribution < -0.4 is 5.73 Å². The van der Waals surface area contributed by atoms with Gasteiger partial charge in [-0.05, 0) is 0 Å². The van der Waals surface area contributed by atoms with E-state index in [1.54, 1.807) is 0 Å². The maximum Gasteiger partial charge on any atom is 0.334 e. The lowest BCUT2D eigenvalue weighted by Crippen LogP contribution is -2.33. The smallest absolute Gasteiger partial charge is 0.334 e. The highest BCUT2D eigenvalue weighted by Gasteiger charge is 2.09. The summed E-state index contributed by atoms with van der Waals surface area (Å²) >= 11 is 0. The summed E-state index contributed by atoms with van der Waals surface area (Å²) in [6.07, 6.45) is -1.63. The molecule has 0 saturated heterocycles. The van der Waals surface area contributed by atoms with E-state index in [1.165, 1.54) is 0 Å². The molecule has 0 bridgehead atoms. The van der Waals surface area contributed by atoms with Gasteiger partial charge in [0.15, 0.2) is 6.10 Å². The van der Waals surface area contributed by atoms with Gasteiger partial charge in [-0.2, -0.15) is 0 Å². The van der Waals surface area contributed by atoms with Crippen LogP contribution in [0.5, 0.6) is 0 Å². The third-order valence-corrected chi connectivity index (χ3v) is 0.972. The van der Waals surface area contributed by atoms with Crippen LogP contribution in [0.25, 0.3) is 0 Å². The average molecular weight is 211 g/mol. The monoisotopic (exact) mass is 211 g/mol. The fourth-order valence-corrected chi connectivity index (χ4v) is 0.156. The molecule has 0 aromatic rings. The molecule has 0 spiro atoms. The minimum atomic E-state index is -1.63. The number of carbonyl (C=O) groups is 2. The number of aliphatic carboxylic acids is 2. The summed E-state index contributed by atoms with van der Waals surface area (Å²) in [6, 6.07) is -1.13. The van der Waals surface area contributed by atoms with Crippen LogP contribution in [-0.2, 0) is 9.59 Å². The van der Waals surface area contributed by atoms with E-state index in [0.717, 1.165) is 0 Å². The molecule has 0 saturated carbocycles. The quantitative estimate of drug-likeness (QED) is 0.283. The Labute approximate surface area is 79.2 Å². The Hall–Kier alpha value is -1.22.